The maximum absolute atomic E-state index is 14.6. The van der Waals surface area contributed by atoms with Crippen LogP contribution < -0.4 is 4.74 Å². The number of halogens is 4. The van der Waals surface area contributed by atoms with Crippen molar-refractivity contribution >= 4 is 0 Å². The Bertz CT molecular complexity index is 810. The Balaban J connectivity index is 1.80. The first-order valence-electron chi connectivity index (χ1n) is 9.41. The van der Waals surface area contributed by atoms with E-state index in [2.05, 4.69) is 6.92 Å². The molecule has 0 saturated heterocycles. The molecule has 1 aliphatic rings. The van der Waals surface area contributed by atoms with E-state index in [1.807, 2.05) is 0 Å². The molecule has 1 fully saturated rings. The third kappa shape index (κ3) is 4.12. The third-order valence-electron chi connectivity index (χ3n) is 5.68. The van der Waals surface area contributed by atoms with E-state index in [0.717, 1.165) is 25.2 Å². The van der Waals surface area contributed by atoms with Gasteiger partial charge in [-0.1, -0.05) is 44.7 Å². The van der Waals surface area contributed by atoms with Crippen LogP contribution in [-0.4, -0.2) is 7.11 Å². The summed E-state index contributed by atoms with van der Waals surface area (Å²) in [6.45, 7) is 2.24. The molecule has 146 valence electrons. The zero-order valence-electron chi connectivity index (χ0n) is 15.6. The van der Waals surface area contributed by atoms with Gasteiger partial charge in [-0.3, -0.25) is 0 Å². The van der Waals surface area contributed by atoms with E-state index in [9.17, 15) is 17.6 Å². The summed E-state index contributed by atoms with van der Waals surface area (Å²) in [5.41, 5.74) is -0.330. The molecular formula is C22H24F4O. The Morgan fingerprint density at radius 2 is 1.41 bits per heavy atom. The molecule has 0 aliphatic heterocycles. The van der Waals surface area contributed by atoms with E-state index in [1.165, 1.54) is 44.2 Å². The summed E-state index contributed by atoms with van der Waals surface area (Å²) >= 11 is 0. The summed E-state index contributed by atoms with van der Waals surface area (Å²) in [5.74, 6) is -3.59. The van der Waals surface area contributed by atoms with Gasteiger partial charge in [-0.25, -0.2) is 13.2 Å². The lowest BCUT2D eigenvalue weighted by Crippen LogP contribution is -2.13. The fourth-order valence-corrected chi connectivity index (χ4v) is 3.87. The highest BCUT2D eigenvalue weighted by atomic mass is 19.2. The average Bonchev–Trinajstić information content (AvgIpc) is 2.67. The van der Waals surface area contributed by atoms with E-state index >= 15 is 0 Å². The average molecular weight is 380 g/mol. The van der Waals surface area contributed by atoms with E-state index in [4.69, 9.17) is 4.74 Å². The van der Waals surface area contributed by atoms with Gasteiger partial charge in [0.2, 0.25) is 5.82 Å². The molecule has 0 bridgehead atoms. The van der Waals surface area contributed by atoms with Gasteiger partial charge >= 0.3 is 0 Å². The Hall–Kier alpha value is -2.04. The van der Waals surface area contributed by atoms with Crippen LogP contribution in [0.4, 0.5) is 17.6 Å². The molecule has 5 heteroatoms. The molecule has 1 saturated carbocycles. The minimum Gasteiger partial charge on any atom is -0.494 e. The second-order valence-corrected chi connectivity index (χ2v) is 7.51. The summed E-state index contributed by atoms with van der Waals surface area (Å²) in [4.78, 5) is 0. The van der Waals surface area contributed by atoms with Gasteiger partial charge in [-0.2, -0.15) is 4.39 Å². The topological polar surface area (TPSA) is 9.23 Å². The van der Waals surface area contributed by atoms with Crippen LogP contribution in [0.25, 0.3) is 11.1 Å². The lowest BCUT2D eigenvalue weighted by Gasteiger charge is -2.26. The molecule has 0 N–H and O–H groups in total. The zero-order valence-corrected chi connectivity index (χ0v) is 15.6. The summed E-state index contributed by atoms with van der Waals surface area (Å²) < 4.78 is 61.9. The number of rotatable bonds is 5. The molecular weight excluding hydrogens is 356 g/mol. The molecule has 1 aliphatic carbocycles. The largest absolute Gasteiger partial charge is 0.494 e. The highest BCUT2D eigenvalue weighted by molar-refractivity contribution is 5.66. The number of hydrogen-bond acceptors (Lipinski definition) is 1. The first-order chi connectivity index (χ1) is 12.9. The van der Waals surface area contributed by atoms with Gasteiger partial charge in [0.25, 0.3) is 0 Å². The van der Waals surface area contributed by atoms with Gasteiger partial charge in [0.1, 0.15) is 0 Å². The van der Waals surface area contributed by atoms with Crippen LogP contribution in [0.5, 0.6) is 5.75 Å². The normalized spacial score (nSPS) is 19.9. The Morgan fingerprint density at radius 1 is 0.815 bits per heavy atom. The molecule has 2 aromatic carbocycles. The lowest BCUT2D eigenvalue weighted by molar-refractivity contribution is 0.277. The second-order valence-electron chi connectivity index (χ2n) is 7.51. The van der Waals surface area contributed by atoms with Gasteiger partial charge in [0.15, 0.2) is 23.2 Å². The molecule has 0 aromatic heterocycles. The highest BCUT2D eigenvalue weighted by Gasteiger charge is 2.22. The van der Waals surface area contributed by atoms with Gasteiger partial charge < -0.3 is 4.74 Å². The monoisotopic (exact) mass is 380 g/mol. The van der Waals surface area contributed by atoms with Crippen LogP contribution in [0.3, 0.4) is 0 Å². The maximum atomic E-state index is 14.6. The minimum absolute atomic E-state index is 0.282. The van der Waals surface area contributed by atoms with Crippen LogP contribution in [0.2, 0.25) is 0 Å². The summed E-state index contributed by atoms with van der Waals surface area (Å²) in [6.07, 6.45) is 5.88. The number of ether oxygens (including phenoxy) is 1. The van der Waals surface area contributed by atoms with Crippen molar-refractivity contribution in [3.63, 3.8) is 0 Å². The van der Waals surface area contributed by atoms with Crippen molar-refractivity contribution in [1.29, 1.82) is 0 Å². The molecule has 0 amide bonds. The molecule has 0 atom stereocenters. The van der Waals surface area contributed by atoms with E-state index in [1.54, 1.807) is 0 Å². The van der Waals surface area contributed by atoms with Crippen LogP contribution >= 0.6 is 0 Å². The van der Waals surface area contributed by atoms with E-state index < -0.39 is 23.3 Å². The van der Waals surface area contributed by atoms with Crippen LogP contribution in [-0.2, 0) is 6.42 Å². The van der Waals surface area contributed by atoms with E-state index in [-0.39, 0.29) is 22.4 Å². The van der Waals surface area contributed by atoms with Crippen LogP contribution in [0.1, 0.15) is 44.6 Å². The second kappa shape index (κ2) is 8.32. The maximum Gasteiger partial charge on any atom is 0.201 e. The predicted octanol–water partition coefficient (Wildman–Crippen LogP) is 6.68. The van der Waals surface area contributed by atoms with Crippen molar-refractivity contribution in [1.82, 2.24) is 0 Å². The number of hydrogen-bond donors (Lipinski definition) is 0. The number of aryl methyl sites for hydroxylation is 1. The van der Waals surface area contributed by atoms with Crippen LogP contribution in [0.15, 0.2) is 24.3 Å². The number of methoxy groups -OCH3 is 1. The SMILES string of the molecule is COc1ccc(-c2ccc(CCC3CCC(C)CC3)c(F)c2F)c(F)c1F. The highest BCUT2D eigenvalue weighted by Crippen LogP contribution is 2.34. The van der Waals surface area contributed by atoms with Crippen molar-refractivity contribution in [3.05, 3.63) is 53.1 Å². The molecule has 1 nitrogen and oxygen atoms in total. The van der Waals surface area contributed by atoms with Gasteiger partial charge in [0.05, 0.1) is 7.11 Å². The third-order valence-corrected chi connectivity index (χ3v) is 5.68. The Kier molecular flexibility index (Phi) is 6.08. The van der Waals surface area contributed by atoms with Crippen molar-refractivity contribution < 1.29 is 22.3 Å². The molecule has 0 heterocycles. The van der Waals surface area contributed by atoms with E-state index in [0.29, 0.717) is 12.3 Å². The van der Waals surface area contributed by atoms with Crippen molar-refractivity contribution in [2.75, 3.05) is 7.11 Å². The lowest BCUT2D eigenvalue weighted by atomic mass is 9.80. The smallest absolute Gasteiger partial charge is 0.201 e. The minimum atomic E-state index is -1.25. The molecule has 0 radical (unpaired) electrons. The van der Waals surface area contributed by atoms with Gasteiger partial charge in [-0.05, 0) is 42.4 Å². The zero-order chi connectivity index (χ0) is 19.6. The first-order valence-corrected chi connectivity index (χ1v) is 9.41. The molecule has 0 spiro atoms. The fourth-order valence-electron chi connectivity index (χ4n) is 3.87. The van der Waals surface area contributed by atoms with Crippen molar-refractivity contribution in [2.24, 2.45) is 11.8 Å². The van der Waals surface area contributed by atoms with Crippen molar-refractivity contribution in [3.8, 4) is 16.9 Å². The number of benzene rings is 2. The fraction of sp³-hybridized carbons (Fsp3) is 0.455. The summed E-state index contributed by atoms with van der Waals surface area (Å²) in [5, 5.41) is 0. The van der Waals surface area contributed by atoms with Crippen LogP contribution in [0, 0.1) is 35.1 Å². The first kappa shape index (κ1) is 19.7. The standard InChI is InChI=1S/C22H24F4O/c1-13-3-5-14(6-4-13)7-8-15-9-10-16(20(24)19(15)23)17-11-12-18(27-2)22(26)21(17)25/h9-14H,3-8H2,1-2H3. The summed E-state index contributed by atoms with van der Waals surface area (Å²) in [7, 11) is 1.21. The summed E-state index contributed by atoms with van der Waals surface area (Å²) in [6, 6.07) is 5.18. The molecule has 0 unspecified atom stereocenters. The van der Waals surface area contributed by atoms with Gasteiger partial charge in [0, 0.05) is 11.1 Å². The predicted molar refractivity (Wildman–Crippen MR) is 97.7 cm³/mol. The Morgan fingerprint density at radius 3 is 2.04 bits per heavy atom. The van der Waals surface area contributed by atoms with Crippen molar-refractivity contribution in [2.45, 2.75) is 45.4 Å². The molecule has 2 aromatic rings. The molecule has 27 heavy (non-hydrogen) atoms. The molecule has 3 rings (SSSR count). The Labute approximate surface area is 157 Å². The van der Waals surface area contributed by atoms with Gasteiger partial charge in [-0.15, -0.1) is 0 Å². The quantitative estimate of drug-likeness (QED) is 0.526.